The molecular weight excluding hydrogens is 1740 g/mol. The Kier molecular flexibility index (Phi) is 68.0. The Morgan fingerprint density at radius 3 is 1.42 bits per heavy atom. The van der Waals surface area contributed by atoms with Gasteiger partial charge in [0.1, 0.15) is 11.6 Å². The topological polar surface area (TPSA) is 297 Å². The summed E-state index contributed by atoms with van der Waals surface area (Å²) in [5.74, 6) is 4.90. The number of unbranched alkanes of at least 4 members (excludes halogenated alkanes) is 1. The monoisotopic (exact) mass is 1900 g/mol. The molecular formula is C112H161N11O11S2. The number of nitrogens with zero attached hydrogens (tertiary/aromatic N) is 9. The number of likely N-dealkylation sites (tertiary alicyclic amines) is 1. The summed E-state index contributed by atoms with van der Waals surface area (Å²) in [6.07, 6.45) is 16.4. The first-order chi connectivity index (χ1) is 64.7. The molecule has 2 aliphatic heterocycles. The molecule has 0 radical (unpaired) electrons. The highest BCUT2D eigenvalue weighted by molar-refractivity contribution is 7.91. The van der Waals surface area contributed by atoms with Crippen molar-refractivity contribution in [2.75, 3.05) is 55.2 Å². The number of aromatic amines is 1. The van der Waals surface area contributed by atoms with Crippen LogP contribution >= 0.6 is 11.3 Å². The summed E-state index contributed by atoms with van der Waals surface area (Å²) in [6.45, 7) is 58.9. The van der Waals surface area contributed by atoms with Crippen LogP contribution in [-0.2, 0) is 51.4 Å². The molecule has 10 aromatic rings. The van der Waals surface area contributed by atoms with E-state index in [0.717, 1.165) is 105 Å². The van der Waals surface area contributed by atoms with Crippen molar-refractivity contribution >= 4 is 85.3 Å². The number of piperazine rings is 1. The third kappa shape index (κ3) is 58.5. The molecule has 3 N–H and O–H groups in total. The Labute approximate surface area is 820 Å². The van der Waals surface area contributed by atoms with Crippen molar-refractivity contribution in [1.82, 2.24) is 40.4 Å². The fourth-order valence-electron chi connectivity index (χ4n) is 11.2. The number of sulfone groups is 1. The van der Waals surface area contributed by atoms with Gasteiger partial charge in [-0.2, -0.15) is 5.21 Å². The van der Waals surface area contributed by atoms with Gasteiger partial charge >= 0.3 is 5.97 Å². The molecule has 0 aliphatic carbocycles. The number of carbonyl (C=O) groups excluding carboxylic acids is 7. The average Bonchev–Trinajstić information content (AvgIpc) is 1.34. The number of thiophene rings is 1. The highest BCUT2D eigenvalue weighted by Crippen LogP contribution is 2.23. The zero-order chi connectivity index (χ0) is 102. The van der Waals surface area contributed by atoms with Gasteiger partial charge in [0.2, 0.25) is 29.5 Å². The Balaban J connectivity index is 0.00000147. The molecule has 3 aromatic heterocycles. The van der Waals surface area contributed by atoms with Crippen molar-refractivity contribution in [3.05, 3.63) is 280 Å². The van der Waals surface area contributed by atoms with Gasteiger partial charge in [-0.25, -0.2) is 23.2 Å². The third-order valence-corrected chi connectivity index (χ3v) is 23.5. The lowest BCUT2D eigenvalue weighted by atomic mass is 9.98. The van der Waals surface area contributed by atoms with E-state index in [0.29, 0.717) is 59.6 Å². The summed E-state index contributed by atoms with van der Waals surface area (Å²) in [5, 5.41) is 26.6. The van der Waals surface area contributed by atoms with Crippen molar-refractivity contribution in [2.24, 2.45) is 29.6 Å². The van der Waals surface area contributed by atoms with E-state index in [9.17, 15) is 46.8 Å². The molecule has 24 heteroatoms. The molecule has 136 heavy (non-hydrogen) atoms. The summed E-state index contributed by atoms with van der Waals surface area (Å²) in [7, 11) is -3.00. The van der Waals surface area contributed by atoms with Crippen molar-refractivity contribution in [1.29, 1.82) is 0 Å². The Morgan fingerprint density at radius 1 is 0.500 bits per heavy atom. The van der Waals surface area contributed by atoms with E-state index in [2.05, 4.69) is 195 Å². The number of Topliss-reactive ketones (excluding diaryl/α,β-unsaturated/α-hetero) is 4. The molecule has 0 spiro atoms. The Morgan fingerprint density at radius 2 is 1.01 bits per heavy atom. The predicted molar refractivity (Wildman–Crippen MR) is 563 cm³/mol. The molecule has 0 saturated carbocycles. The van der Waals surface area contributed by atoms with E-state index in [1.165, 1.54) is 59.2 Å². The molecule has 2 aliphatic rings. The van der Waals surface area contributed by atoms with Crippen molar-refractivity contribution in [3.8, 4) is 11.4 Å². The molecule has 7 aromatic carbocycles. The standard InChI is InChI=1S/C14H20O.C13H20N4O.C10H13NO.C10H11N.C9H10N4.C9H17NO.C9H10O.C9H12.C8H10O2S.C7H10S.2C5H10O.C4H8O2/c1-4-5-9-14(15)13-8-6-7-12(10-13)11(2)3;1-11(2)10-12(18)16-6-8-17(9-7-16)13-14-4-3-5-15-13;1-8(2)10(12)11-9-6-4-3-5-7-9;1-8(2)9-4-6-10(11-3)7-5-9;1-2-7-3-5-8(6-4-7)9-10-12-13-11-9;1-2-6-9(11)10-7-4-3-5-8-10;1-2-9(10)8-6-4-3-5-7-8;1-2-6-9-7-4-3-5-8-9;1-2-11(9,10)8-6-4-3-5-7-8;1-6(2)7-4-3-5-8-7;2*1-4(2)5(3)6;1-3(2)4(5)6/h6-8,10-11H,4-5,9H2,1-3H3;3-5,11H,6-10H2,1-2H3;3-8H,1-2H3,(H,11,12);4-8H,1-2H3;3-6H,2H2,1H3,(H,10,11,12,13);2-8H2,1H3;3-7H,2H2,1H3;3-5,7-8H,2,6H2,1H3;3-7H,2H2,1H3;3-6H,1-2H3;2*4H,1-3H3;3H,1-2H3,(H,5,6). The van der Waals surface area contributed by atoms with Crippen molar-refractivity contribution < 1.29 is 51.9 Å². The van der Waals surface area contributed by atoms with Crippen LogP contribution in [0.25, 0.3) is 16.2 Å². The fraction of sp³-hybridized carbons (Fsp3) is 0.464. The maximum Gasteiger partial charge on any atom is 0.305 e. The van der Waals surface area contributed by atoms with Crippen LogP contribution in [0, 0.1) is 36.2 Å². The highest BCUT2D eigenvalue weighted by atomic mass is 32.2. The number of carbonyl (C=O) groups is 8. The molecule has 2 fully saturated rings. The second-order valence-electron chi connectivity index (χ2n) is 35.0. The van der Waals surface area contributed by atoms with Crippen LogP contribution in [0.15, 0.2) is 235 Å². The number of ketones is 4. The summed E-state index contributed by atoms with van der Waals surface area (Å²) < 4.78 is 22.4. The molecule has 5 heterocycles. The van der Waals surface area contributed by atoms with Gasteiger partial charge in [-0.1, -0.05) is 335 Å². The van der Waals surface area contributed by atoms with Crippen LogP contribution in [0.1, 0.15) is 302 Å². The van der Waals surface area contributed by atoms with Gasteiger partial charge < -0.3 is 25.1 Å². The summed E-state index contributed by atoms with van der Waals surface area (Å²) in [6, 6.07) is 67.9. The van der Waals surface area contributed by atoms with Crippen LogP contribution in [-0.4, -0.2) is 146 Å². The van der Waals surface area contributed by atoms with Crippen molar-refractivity contribution in [2.45, 2.75) is 272 Å². The highest BCUT2D eigenvalue weighted by Gasteiger charge is 2.23. The molecule has 22 nitrogen and oxygen atoms in total. The largest absolute Gasteiger partial charge is 0.481 e. The number of H-pyrrole nitrogens is 1. The summed E-state index contributed by atoms with van der Waals surface area (Å²) in [4.78, 5) is 107. The number of amides is 3. The minimum atomic E-state index is -3.00. The predicted octanol–water partition coefficient (Wildman–Crippen LogP) is 26.7. The number of hydrogen-bond donors (Lipinski definition) is 3. The van der Waals surface area contributed by atoms with Gasteiger partial charge in [-0.15, -0.1) is 21.5 Å². The maximum absolute atomic E-state index is 11.9. The SMILES string of the molecule is CC(=O)C(C)C.CC(=O)C(C)C.CC(C)C(=O)Nc1ccccc1.CC(C)C(=O)O.CC(C)CC(=O)N1CCN(c2ncccn2)CC1.CC(C)c1cccs1.CCC(=O)c1ccccc1.CCCC(=O)N1CCCCC1.CCCCC(=O)c1cccc(C(C)C)c1.CCCc1ccccc1.CCS(=O)(=O)c1ccccc1.CCc1ccc(-c2nn[nH]n2)cc1.[C-]#[N+]c1ccc(C(C)C)cc1. The molecule has 0 atom stereocenters. The lowest BCUT2D eigenvalue weighted by Crippen LogP contribution is -2.49. The van der Waals surface area contributed by atoms with Gasteiger partial charge in [-0.05, 0) is 158 Å². The number of aliphatic carboxylic acids is 1. The minimum absolute atomic E-state index is 0.0326. The average molecular weight is 1900 g/mol. The van der Waals surface area contributed by atoms with Gasteiger partial charge in [-0.3, -0.25) is 38.4 Å². The first-order valence-corrected chi connectivity index (χ1v) is 50.7. The van der Waals surface area contributed by atoms with Crippen LogP contribution in [0.2, 0.25) is 0 Å². The number of nitrogens with one attached hydrogen (secondary N) is 2. The number of carboxylic acids is 1. The molecule has 0 bridgehead atoms. The van der Waals surface area contributed by atoms with Gasteiger partial charge in [0.15, 0.2) is 27.1 Å². The number of carboxylic acid groups (broad SMARTS) is 1. The lowest BCUT2D eigenvalue weighted by molar-refractivity contribution is -0.140. The smallest absolute Gasteiger partial charge is 0.305 e. The van der Waals surface area contributed by atoms with E-state index in [1.807, 2.05) is 191 Å². The zero-order valence-corrected chi connectivity index (χ0v) is 87.7. The molecule has 742 valence electrons. The Hall–Kier alpha value is -11.8. The van der Waals surface area contributed by atoms with Crippen LogP contribution in [0.5, 0.6) is 0 Å². The zero-order valence-electron chi connectivity index (χ0n) is 86.1. The number of hydrogen-bond acceptors (Lipinski definition) is 17. The second kappa shape index (κ2) is 74.4. The fourth-order valence-corrected chi connectivity index (χ4v) is 12.9. The number of para-hydroxylation sites is 1. The number of benzene rings is 7. The number of piperidine rings is 1. The molecule has 2 saturated heterocycles. The van der Waals surface area contributed by atoms with Crippen LogP contribution in [0.3, 0.4) is 0 Å². The number of tetrazole rings is 1. The van der Waals surface area contributed by atoms with E-state index in [1.54, 1.807) is 77.3 Å². The number of aromatic nitrogens is 6. The quantitative estimate of drug-likeness (QED) is 0.0354. The number of aryl methyl sites for hydroxylation is 2. The van der Waals surface area contributed by atoms with Crippen LogP contribution < -0.4 is 10.2 Å². The van der Waals surface area contributed by atoms with Gasteiger partial charge in [0.25, 0.3) is 0 Å². The Bertz CT molecular complexity index is 4920. The van der Waals surface area contributed by atoms with E-state index >= 15 is 0 Å². The number of rotatable bonds is 25. The molecule has 0 unspecified atom stereocenters. The molecule has 12 rings (SSSR count). The van der Waals surface area contributed by atoms with Crippen LogP contribution in [0.4, 0.5) is 17.3 Å². The summed E-state index contributed by atoms with van der Waals surface area (Å²) in [5.41, 5.74) is 9.54. The van der Waals surface area contributed by atoms with E-state index in [4.69, 9.17) is 11.7 Å². The molecule has 3 amide bonds. The minimum Gasteiger partial charge on any atom is -0.481 e. The van der Waals surface area contributed by atoms with Gasteiger partial charge in [0, 0.05) is 122 Å². The first kappa shape index (κ1) is 124. The normalized spacial score (nSPS) is 11.5. The lowest BCUT2D eigenvalue weighted by Gasteiger charge is -2.35. The second-order valence-corrected chi connectivity index (χ2v) is 38.2. The van der Waals surface area contributed by atoms with Crippen molar-refractivity contribution in [3.63, 3.8) is 0 Å². The maximum atomic E-state index is 11.9. The van der Waals surface area contributed by atoms with Gasteiger partial charge in [0.05, 0.1) is 23.1 Å². The summed E-state index contributed by atoms with van der Waals surface area (Å²) >= 11 is 1.83. The van der Waals surface area contributed by atoms with E-state index in [-0.39, 0.29) is 64.4 Å². The first-order valence-electron chi connectivity index (χ1n) is 48.2. The third-order valence-electron chi connectivity index (χ3n) is 20.6. The number of anilines is 2. The van der Waals surface area contributed by atoms with E-state index < -0.39 is 15.8 Å².